The molecule has 0 saturated heterocycles. The van der Waals surface area contributed by atoms with E-state index in [1.165, 1.54) is 6.07 Å². The van der Waals surface area contributed by atoms with E-state index in [1.807, 2.05) is 12.2 Å². The van der Waals surface area contributed by atoms with Crippen LogP contribution in [-0.4, -0.2) is 23.1 Å². The first-order valence-corrected chi connectivity index (χ1v) is 4.86. The van der Waals surface area contributed by atoms with E-state index >= 15 is 0 Å². The van der Waals surface area contributed by atoms with E-state index < -0.39 is 12.0 Å². The van der Waals surface area contributed by atoms with E-state index in [0.717, 1.165) is 0 Å². The number of hydrogen-bond donors (Lipinski definition) is 0. The molecule has 0 saturated carbocycles. The van der Waals surface area contributed by atoms with Crippen LogP contribution in [0.25, 0.3) is 0 Å². The van der Waals surface area contributed by atoms with Gasteiger partial charge in [0.05, 0.1) is 0 Å². The lowest BCUT2D eigenvalue weighted by atomic mass is 10.4. The molecule has 2 rings (SSSR count). The summed E-state index contributed by atoms with van der Waals surface area (Å²) in [4.78, 5) is 8.28. The number of rotatable bonds is 1. The average molecular weight is 250 g/mol. The molecule has 0 aromatic carbocycles. The fourth-order valence-corrected chi connectivity index (χ4v) is 1.54. The van der Waals surface area contributed by atoms with Crippen molar-refractivity contribution in [1.82, 2.24) is 9.97 Å². The molecule has 0 fully saturated rings. The minimum Gasteiger partial charge on any atom is -0.349 e. The first-order valence-electron chi connectivity index (χ1n) is 4.48. The third-order valence-electron chi connectivity index (χ3n) is 2.08. The van der Waals surface area contributed by atoms with Gasteiger partial charge in [-0.3, -0.25) is 0 Å². The van der Waals surface area contributed by atoms with E-state index in [1.54, 1.807) is 4.90 Å². The Bertz CT molecular complexity index is 422. The van der Waals surface area contributed by atoms with Gasteiger partial charge in [0, 0.05) is 19.2 Å². The Labute approximate surface area is 94.6 Å². The Morgan fingerprint density at radius 2 is 1.81 bits per heavy atom. The fourth-order valence-electron chi connectivity index (χ4n) is 1.36. The number of aromatic nitrogens is 2. The lowest BCUT2D eigenvalue weighted by molar-refractivity contribution is -0.144. The SMILES string of the molecule is FC(F)(F)c1nc(Cl)cc(N2CC=CC2)n1. The van der Waals surface area contributed by atoms with Gasteiger partial charge in [0.2, 0.25) is 5.82 Å². The van der Waals surface area contributed by atoms with Gasteiger partial charge in [-0.15, -0.1) is 0 Å². The maximum Gasteiger partial charge on any atom is 0.451 e. The van der Waals surface area contributed by atoms with Crippen molar-refractivity contribution in [3.05, 3.63) is 29.2 Å². The number of alkyl halides is 3. The molecule has 1 aromatic heterocycles. The second-order valence-electron chi connectivity index (χ2n) is 3.25. The highest BCUT2D eigenvalue weighted by Gasteiger charge is 2.35. The van der Waals surface area contributed by atoms with Crippen molar-refractivity contribution < 1.29 is 13.2 Å². The molecule has 0 spiro atoms. The normalized spacial score (nSPS) is 15.9. The first kappa shape index (κ1) is 11.2. The van der Waals surface area contributed by atoms with Crippen LogP contribution in [-0.2, 0) is 6.18 Å². The van der Waals surface area contributed by atoms with Crippen molar-refractivity contribution >= 4 is 17.4 Å². The Hall–Kier alpha value is -1.30. The molecule has 0 bridgehead atoms. The summed E-state index contributed by atoms with van der Waals surface area (Å²) >= 11 is 5.54. The van der Waals surface area contributed by atoms with Crippen LogP contribution in [0.1, 0.15) is 5.82 Å². The maximum atomic E-state index is 12.4. The van der Waals surface area contributed by atoms with Gasteiger partial charge in [0.25, 0.3) is 0 Å². The summed E-state index contributed by atoms with van der Waals surface area (Å²) < 4.78 is 37.3. The first-order chi connectivity index (χ1) is 7.47. The van der Waals surface area contributed by atoms with Crippen molar-refractivity contribution in [2.75, 3.05) is 18.0 Å². The second kappa shape index (κ2) is 3.93. The van der Waals surface area contributed by atoms with Gasteiger partial charge in [-0.2, -0.15) is 13.2 Å². The van der Waals surface area contributed by atoms with Gasteiger partial charge in [-0.1, -0.05) is 23.8 Å². The Balaban J connectivity index is 2.36. The molecule has 7 heteroatoms. The number of hydrogen-bond acceptors (Lipinski definition) is 3. The standard InChI is InChI=1S/C9H7ClF3N3/c10-6-5-7(16-3-1-2-4-16)15-8(14-6)9(11,12)13/h1-2,5H,3-4H2. The monoisotopic (exact) mass is 249 g/mol. The van der Waals surface area contributed by atoms with Crippen LogP contribution in [0.3, 0.4) is 0 Å². The summed E-state index contributed by atoms with van der Waals surface area (Å²) in [6.07, 6.45) is -0.876. The highest BCUT2D eigenvalue weighted by Crippen LogP contribution is 2.29. The maximum absolute atomic E-state index is 12.4. The lowest BCUT2D eigenvalue weighted by Crippen LogP contribution is -2.22. The summed E-state index contributed by atoms with van der Waals surface area (Å²) in [5, 5.41) is -0.204. The molecule has 0 N–H and O–H groups in total. The van der Waals surface area contributed by atoms with Crippen LogP contribution in [0, 0.1) is 0 Å². The molecule has 0 unspecified atom stereocenters. The van der Waals surface area contributed by atoms with Crippen molar-refractivity contribution in [1.29, 1.82) is 0 Å². The van der Waals surface area contributed by atoms with E-state index in [2.05, 4.69) is 9.97 Å². The minimum absolute atomic E-state index is 0.192. The topological polar surface area (TPSA) is 29.0 Å². The molecular weight excluding hydrogens is 243 g/mol. The molecule has 0 atom stereocenters. The van der Waals surface area contributed by atoms with E-state index in [9.17, 15) is 13.2 Å². The summed E-state index contributed by atoms with van der Waals surface area (Å²) in [5.74, 6) is -1.01. The zero-order valence-electron chi connectivity index (χ0n) is 8.00. The van der Waals surface area contributed by atoms with Crippen molar-refractivity contribution in [2.45, 2.75) is 6.18 Å². The van der Waals surface area contributed by atoms with Crippen molar-refractivity contribution in [3.63, 3.8) is 0 Å². The predicted octanol–water partition coefficient (Wildman–Crippen LogP) is 2.53. The number of halogens is 4. The van der Waals surface area contributed by atoms with E-state index in [-0.39, 0.29) is 11.0 Å². The van der Waals surface area contributed by atoms with Gasteiger partial charge in [0.15, 0.2) is 0 Å². The van der Waals surface area contributed by atoms with Crippen LogP contribution in [0.5, 0.6) is 0 Å². The van der Waals surface area contributed by atoms with Gasteiger partial charge < -0.3 is 4.90 Å². The Morgan fingerprint density at radius 1 is 1.19 bits per heavy atom. The Morgan fingerprint density at radius 3 is 2.38 bits per heavy atom. The molecule has 3 nitrogen and oxygen atoms in total. The van der Waals surface area contributed by atoms with Crippen molar-refractivity contribution in [2.24, 2.45) is 0 Å². The molecule has 0 radical (unpaired) electrons. The summed E-state index contributed by atoms with van der Waals surface area (Å²) in [6.45, 7) is 1.06. The molecule has 1 aliphatic heterocycles. The average Bonchev–Trinajstić information content (AvgIpc) is 2.68. The van der Waals surface area contributed by atoms with E-state index in [0.29, 0.717) is 13.1 Å². The third kappa shape index (κ3) is 2.27. The molecule has 86 valence electrons. The van der Waals surface area contributed by atoms with Crippen LogP contribution < -0.4 is 4.90 Å². The smallest absolute Gasteiger partial charge is 0.349 e. The van der Waals surface area contributed by atoms with E-state index in [4.69, 9.17) is 11.6 Å². The zero-order chi connectivity index (χ0) is 11.8. The molecule has 0 aliphatic carbocycles. The Kier molecular flexibility index (Phi) is 2.75. The quantitative estimate of drug-likeness (QED) is 0.566. The molecule has 16 heavy (non-hydrogen) atoms. The fraction of sp³-hybridized carbons (Fsp3) is 0.333. The van der Waals surface area contributed by atoms with Crippen LogP contribution >= 0.6 is 11.6 Å². The summed E-state index contributed by atoms with van der Waals surface area (Å²) in [6, 6.07) is 1.32. The van der Waals surface area contributed by atoms with Gasteiger partial charge in [-0.05, 0) is 0 Å². The number of anilines is 1. The highest BCUT2D eigenvalue weighted by molar-refractivity contribution is 6.29. The molecular formula is C9H7ClF3N3. The molecule has 2 heterocycles. The molecule has 0 amide bonds. The number of nitrogens with zero attached hydrogens (tertiary/aromatic N) is 3. The minimum atomic E-state index is -4.58. The van der Waals surface area contributed by atoms with Crippen LogP contribution in [0.15, 0.2) is 18.2 Å². The third-order valence-corrected chi connectivity index (χ3v) is 2.27. The molecule has 1 aromatic rings. The second-order valence-corrected chi connectivity index (χ2v) is 3.63. The van der Waals surface area contributed by atoms with Crippen LogP contribution in [0.4, 0.5) is 19.0 Å². The molecule has 1 aliphatic rings. The summed E-state index contributed by atoms with van der Waals surface area (Å²) in [5.41, 5.74) is 0. The summed E-state index contributed by atoms with van der Waals surface area (Å²) in [7, 11) is 0. The lowest BCUT2D eigenvalue weighted by Gasteiger charge is -2.17. The van der Waals surface area contributed by atoms with Gasteiger partial charge >= 0.3 is 6.18 Å². The van der Waals surface area contributed by atoms with Crippen molar-refractivity contribution in [3.8, 4) is 0 Å². The highest BCUT2D eigenvalue weighted by atomic mass is 35.5. The zero-order valence-corrected chi connectivity index (χ0v) is 8.76. The largest absolute Gasteiger partial charge is 0.451 e. The predicted molar refractivity (Wildman–Crippen MR) is 53.4 cm³/mol. The van der Waals surface area contributed by atoms with Gasteiger partial charge in [-0.25, -0.2) is 9.97 Å². The van der Waals surface area contributed by atoms with Crippen LogP contribution in [0.2, 0.25) is 5.15 Å². The van der Waals surface area contributed by atoms with Gasteiger partial charge in [0.1, 0.15) is 11.0 Å².